The predicted octanol–water partition coefficient (Wildman–Crippen LogP) is 4.80. The molecule has 5 atom stereocenters. The molecule has 0 radical (unpaired) electrons. The fraction of sp³-hybridized carbons (Fsp3) is 0.708. The molecule has 3 aliphatic rings. The summed E-state index contributed by atoms with van der Waals surface area (Å²) >= 11 is 0. The maximum absolute atomic E-state index is 12.4. The van der Waals surface area contributed by atoms with Gasteiger partial charge in [0.15, 0.2) is 6.61 Å². The van der Waals surface area contributed by atoms with E-state index in [1.165, 1.54) is 51.4 Å². The van der Waals surface area contributed by atoms with Gasteiger partial charge < -0.3 is 14.7 Å². The van der Waals surface area contributed by atoms with Crippen LogP contribution in [0.5, 0.6) is 5.75 Å². The van der Waals surface area contributed by atoms with E-state index in [2.05, 4.69) is 6.92 Å². The van der Waals surface area contributed by atoms with E-state index in [1.807, 2.05) is 24.3 Å². The molecule has 0 aromatic heterocycles. The lowest BCUT2D eigenvalue weighted by Crippen LogP contribution is -2.44. The normalized spacial score (nSPS) is 30.1. The average molecular weight is 386 g/mol. The van der Waals surface area contributed by atoms with Crippen LogP contribution in [0.4, 0.5) is 5.69 Å². The minimum atomic E-state index is -0.458. The Hall–Kier alpha value is -1.55. The van der Waals surface area contributed by atoms with Gasteiger partial charge >= 0.3 is 0 Å². The predicted molar refractivity (Wildman–Crippen MR) is 111 cm³/mol. The zero-order valence-corrected chi connectivity index (χ0v) is 17.2. The van der Waals surface area contributed by atoms with Crippen LogP contribution in [0.3, 0.4) is 0 Å². The van der Waals surface area contributed by atoms with Gasteiger partial charge in [0.1, 0.15) is 5.75 Å². The zero-order valence-electron chi connectivity index (χ0n) is 17.2. The van der Waals surface area contributed by atoms with Crippen LogP contribution in [0.15, 0.2) is 24.3 Å². The van der Waals surface area contributed by atoms with Crippen molar-refractivity contribution in [3.8, 4) is 5.75 Å². The summed E-state index contributed by atoms with van der Waals surface area (Å²) in [5, 5.41) is 10.9. The van der Waals surface area contributed by atoms with Crippen LogP contribution in [0.2, 0.25) is 0 Å². The number of benzene rings is 1. The van der Waals surface area contributed by atoms with E-state index in [1.54, 1.807) is 4.90 Å². The molecule has 2 fully saturated rings. The summed E-state index contributed by atoms with van der Waals surface area (Å²) in [7, 11) is 0. The number of aliphatic hydroxyl groups excluding tert-OH is 1. The Kier molecular flexibility index (Phi) is 6.25. The summed E-state index contributed by atoms with van der Waals surface area (Å²) in [6.45, 7) is 2.73. The Morgan fingerprint density at radius 1 is 1.18 bits per heavy atom. The number of fused-ring (bicyclic) bond motifs is 3. The number of ether oxygens (including phenoxy) is 1. The molecule has 2 saturated carbocycles. The number of carbonyl (C=O) groups excluding carboxylic acids is 1. The third-order valence-electron chi connectivity index (χ3n) is 7.35. The lowest BCUT2D eigenvalue weighted by molar-refractivity contribution is -0.121. The fourth-order valence-corrected chi connectivity index (χ4v) is 6.04. The van der Waals surface area contributed by atoms with Crippen LogP contribution >= 0.6 is 0 Å². The molecule has 2 bridgehead atoms. The van der Waals surface area contributed by atoms with Crippen molar-refractivity contribution in [2.75, 3.05) is 18.1 Å². The molecular weight excluding hydrogens is 350 g/mol. The summed E-state index contributed by atoms with van der Waals surface area (Å²) in [4.78, 5) is 14.1. The van der Waals surface area contributed by atoms with E-state index >= 15 is 0 Å². The second-order valence-electron chi connectivity index (χ2n) is 9.24. The number of nitrogens with zero attached hydrogens (tertiary/aromatic N) is 1. The third-order valence-corrected chi connectivity index (χ3v) is 7.35. The van der Waals surface area contributed by atoms with E-state index in [-0.39, 0.29) is 12.5 Å². The van der Waals surface area contributed by atoms with E-state index in [4.69, 9.17) is 4.74 Å². The SMILES string of the molecule is CCCCCC1CC2CC[C@@H](C1)C2C[C@@H](O)CN1C(=O)COc2ccccc21. The second-order valence-corrected chi connectivity index (χ2v) is 9.24. The van der Waals surface area contributed by atoms with Crippen LogP contribution in [0.25, 0.3) is 0 Å². The number of hydrogen-bond acceptors (Lipinski definition) is 3. The number of carbonyl (C=O) groups is 1. The van der Waals surface area contributed by atoms with Gasteiger partial charge in [-0.2, -0.15) is 0 Å². The van der Waals surface area contributed by atoms with Gasteiger partial charge in [-0.3, -0.25) is 4.79 Å². The first-order valence-corrected chi connectivity index (χ1v) is 11.4. The van der Waals surface area contributed by atoms with Crippen molar-refractivity contribution < 1.29 is 14.6 Å². The third kappa shape index (κ3) is 4.22. The van der Waals surface area contributed by atoms with Gasteiger partial charge in [-0.05, 0) is 67.9 Å². The highest BCUT2D eigenvalue weighted by Crippen LogP contribution is 2.52. The van der Waals surface area contributed by atoms with Crippen LogP contribution in [-0.2, 0) is 4.79 Å². The largest absolute Gasteiger partial charge is 0.482 e. The highest BCUT2D eigenvalue weighted by Gasteiger charge is 2.43. The first-order valence-electron chi connectivity index (χ1n) is 11.4. The molecule has 1 aromatic rings. The quantitative estimate of drug-likeness (QED) is 0.654. The molecule has 28 heavy (non-hydrogen) atoms. The second kappa shape index (κ2) is 8.86. The zero-order chi connectivity index (χ0) is 19.5. The summed E-state index contributed by atoms with van der Waals surface area (Å²) in [5.41, 5.74) is 0.792. The number of aliphatic hydroxyl groups is 1. The van der Waals surface area contributed by atoms with Gasteiger partial charge in [-0.1, -0.05) is 44.7 Å². The highest BCUT2D eigenvalue weighted by molar-refractivity contribution is 5.97. The Morgan fingerprint density at radius 2 is 1.93 bits per heavy atom. The summed E-state index contributed by atoms with van der Waals surface area (Å²) < 4.78 is 5.52. The van der Waals surface area contributed by atoms with Gasteiger partial charge in [0.2, 0.25) is 0 Å². The van der Waals surface area contributed by atoms with Gasteiger partial charge in [-0.15, -0.1) is 0 Å². The number of rotatable bonds is 8. The molecule has 1 amide bonds. The van der Waals surface area contributed by atoms with Crippen molar-refractivity contribution in [3.05, 3.63) is 24.3 Å². The number of hydrogen-bond donors (Lipinski definition) is 1. The van der Waals surface area contributed by atoms with Crippen molar-refractivity contribution in [1.29, 1.82) is 0 Å². The molecule has 0 spiro atoms. The lowest BCUT2D eigenvalue weighted by Gasteiger charge is -2.37. The van der Waals surface area contributed by atoms with Crippen molar-refractivity contribution in [3.63, 3.8) is 0 Å². The van der Waals surface area contributed by atoms with Crippen LogP contribution in [0, 0.1) is 23.7 Å². The van der Waals surface area contributed by atoms with Crippen LogP contribution in [-0.4, -0.2) is 30.3 Å². The molecule has 154 valence electrons. The molecule has 4 heteroatoms. The van der Waals surface area contributed by atoms with E-state index < -0.39 is 6.10 Å². The van der Waals surface area contributed by atoms with Crippen molar-refractivity contribution in [1.82, 2.24) is 0 Å². The first kappa shape index (κ1) is 19.8. The molecule has 0 saturated heterocycles. The van der Waals surface area contributed by atoms with Gasteiger partial charge in [0, 0.05) is 0 Å². The number of para-hydroxylation sites is 2. The van der Waals surface area contributed by atoms with Crippen molar-refractivity contribution in [2.45, 2.75) is 70.8 Å². The van der Waals surface area contributed by atoms with Crippen molar-refractivity contribution >= 4 is 11.6 Å². The number of β-amino-alcohol motifs (C(OH)–C–C–N with tert-alkyl or cyclic N) is 1. The minimum Gasteiger partial charge on any atom is -0.482 e. The Morgan fingerprint density at radius 3 is 2.68 bits per heavy atom. The number of unbranched alkanes of at least 4 members (excludes halogenated alkanes) is 2. The van der Waals surface area contributed by atoms with E-state index in [0.717, 1.165) is 35.6 Å². The maximum Gasteiger partial charge on any atom is 0.265 e. The summed E-state index contributed by atoms with van der Waals surface area (Å²) in [6, 6.07) is 7.63. The Balaban J connectivity index is 1.34. The van der Waals surface area contributed by atoms with Gasteiger partial charge in [0.25, 0.3) is 5.91 Å². The highest BCUT2D eigenvalue weighted by atomic mass is 16.5. The molecule has 2 aliphatic carbocycles. The molecule has 1 heterocycles. The molecule has 4 rings (SSSR count). The molecule has 1 aromatic carbocycles. The number of amides is 1. The molecule has 3 unspecified atom stereocenters. The topological polar surface area (TPSA) is 49.8 Å². The smallest absolute Gasteiger partial charge is 0.265 e. The fourth-order valence-electron chi connectivity index (χ4n) is 6.04. The first-order chi connectivity index (χ1) is 13.7. The molecule has 1 aliphatic heterocycles. The summed E-state index contributed by atoms with van der Waals surface area (Å²) in [5.74, 6) is 3.80. The van der Waals surface area contributed by atoms with Crippen LogP contribution in [0.1, 0.15) is 64.7 Å². The standard InChI is InChI=1S/C24H35NO3/c1-2-3-4-7-17-12-18-10-11-19(13-17)21(18)14-20(26)15-25-22-8-5-6-9-23(22)28-16-24(25)27/h5-6,8-9,17-21,26H,2-4,7,10-16H2,1H3/t17?,18-,19?,20+,21?/m0/s1. The van der Waals surface area contributed by atoms with E-state index in [0.29, 0.717) is 12.5 Å². The molecule has 4 nitrogen and oxygen atoms in total. The minimum absolute atomic E-state index is 0.0552. The molecule has 1 N–H and O–H groups in total. The maximum atomic E-state index is 12.4. The average Bonchev–Trinajstić information content (AvgIpc) is 2.92. The lowest BCUT2D eigenvalue weighted by atomic mass is 9.70. The summed E-state index contributed by atoms with van der Waals surface area (Å²) in [6.07, 6.45) is 11.2. The van der Waals surface area contributed by atoms with E-state index in [9.17, 15) is 9.90 Å². The van der Waals surface area contributed by atoms with Crippen LogP contribution < -0.4 is 9.64 Å². The van der Waals surface area contributed by atoms with Gasteiger partial charge in [0.05, 0.1) is 18.3 Å². The Labute approximate surface area is 169 Å². The number of anilines is 1. The monoisotopic (exact) mass is 385 g/mol. The van der Waals surface area contributed by atoms with Crippen molar-refractivity contribution in [2.24, 2.45) is 23.7 Å². The molecular formula is C24H35NO3. The van der Waals surface area contributed by atoms with Gasteiger partial charge in [-0.25, -0.2) is 0 Å². The Bertz CT molecular complexity index is 662.